The van der Waals surface area contributed by atoms with Crippen molar-refractivity contribution in [2.75, 3.05) is 0 Å². The van der Waals surface area contributed by atoms with Crippen molar-refractivity contribution in [3.05, 3.63) is 100 Å². The number of carbonyl (C=O) groups excluding carboxylic acids is 3. The highest BCUT2D eigenvalue weighted by atomic mass is 16.6. The fraction of sp³-hybridized carbons (Fsp3) is 0.490. The highest BCUT2D eigenvalue weighted by Gasteiger charge is 2.68. The van der Waals surface area contributed by atoms with Crippen molar-refractivity contribution in [3.8, 4) is 11.6 Å². The summed E-state index contributed by atoms with van der Waals surface area (Å²) in [5.41, 5.74) is 0.718. The fourth-order valence-corrected chi connectivity index (χ4v) is 10.7. The molecule has 8 rings (SSSR count). The average molecular weight is 812 g/mol. The molecule has 314 valence electrons. The van der Waals surface area contributed by atoms with Gasteiger partial charge in [-0.1, -0.05) is 107 Å². The summed E-state index contributed by atoms with van der Waals surface area (Å²) in [6, 6.07) is 19.0. The van der Waals surface area contributed by atoms with Crippen molar-refractivity contribution in [1.82, 2.24) is 19.9 Å². The maximum absolute atomic E-state index is 14.4. The SMILES string of the molecule is [C-]#[N+]c1c(C(=O)OC2C(C)CC(C)CC2C)c2nc(C3CCCC4(C3)NC(=O)C4(CCCCCC)Oc3ccc(C)cc3C)[nH]n2c1OC(=O)c1cccc2ccccc12. The Morgan fingerprint density at radius 2 is 1.75 bits per heavy atom. The molecule has 3 aliphatic rings. The number of hydrogen-bond donors (Lipinski definition) is 2. The van der Waals surface area contributed by atoms with Crippen LogP contribution in [0, 0.1) is 38.2 Å². The highest BCUT2D eigenvalue weighted by Crippen LogP contribution is 2.53. The molecule has 2 aliphatic carbocycles. The van der Waals surface area contributed by atoms with Crippen LogP contribution < -0.4 is 14.8 Å². The van der Waals surface area contributed by atoms with Gasteiger partial charge in [-0.2, -0.15) is 0 Å². The van der Waals surface area contributed by atoms with E-state index in [1.165, 1.54) is 4.52 Å². The summed E-state index contributed by atoms with van der Waals surface area (Å²) >= 11 is 0. The van der Waals surface area contributed by atoms with Gasteiger partial charge in [0.1, 0.15) is 23.2 Å². The van der Waals surface area contributed by atoms with Crippen LogP contribution in [0.5, 0.6) is 11.6 Å². The van der Waals surface area contributed by atoms with Gasteiger partial charge < -0.3 is 19.5 Å². The number of nitrogens with one attached hydrogen (secondary N) is 2. The third-order valence-corrected chi connectivity index (χ3v) is 13.6. The number of hydrogen-bond acceptors (Lipinski definition) is 7. The number of fused-ring (bicyclic) bond motifs is 2. The molecule has 2 saturated carbocycles. The van der Waals surface area contributed by atoms with Crippen LogP contribution in [0.1, 0.15) is 142 Å². The number of esters is 2. The van der Waals surface area contributed by atoms with Crippen molar-refractivity contribution in [2.24, 2.45) is 17.8 Å². The number of unbranched alkanes of at least 4 members (excludes halogenated alkanes) is 3. The number of β-lactam (4-membered cyclic amide) rings is 1. The van der Waals surface area contributed by atoms with Crippen LogP contribution in [0.2, 0.25) is 0 Å². The number of H-pyrrole nitrogens is 1. The van der Waals surface area contributed by atoms with Crippen molar-refractivity contribution < 1.29 is 28.6 Å². The van der Waals surface area contributed by atoms with Crippen molar-refractivity contribution in [3.63, 3.8) is 0 Å². The van der Waals surface area contributed by atoms with Gasteiger partial charge in [0, 0.05) is 5.92 Å². The molecule has 2 aromatic heterocycles. The summed E-state index contributed by atoms with van der Waals surface area (Å²) < 4.78 is 20.8. The zero-order valence-corrected chi connectivity index (χ0v) is 35.7. The van der Waals surface area contributed by atoms with Gasteiger partial charge >= 0.3 is 11.9 Å². The van der Waals surface area contributed by atoms with Crippen LogP contribution in [0.4, 0.5) is 5.69 Å². The molecule has 1 aliphatic heterocycles. The largest absolute Gasteiger partial charge is 0.475 e. The Bertz CT molecular complexity index is 2480. The zero-order chi connectivity index (χ0) is 42.3. The molecule has 0 bridgehead atoms. The van der Waals surface area contributed by atoms with Crippen molar-refractivity contribution >= 4 is 40.0 Å². The molecule has 1 saturated heterocycles. The van der Waals surface area contributed by atoms with Gasteiger partial charge in [0.2, 0.25) is 11.5 Å². The first-order valence-corrected chi connectivity index (χ1v) is 21.9. The molecule has 5 atom stereocenters. The molecule has 11 heteroatoms. The predicted octanol–water partition coefficient (Wildman–Crippen LogP) is 10.7. The third kappa shape index (κ3) is 7.22. The van der Waals surface area contributed by atoms with Crippen LogP contribution >= 0.6 is 0 Å². The number of aromatic nitrogens is 3. The summed E-state index contributed by atoms with van der Waals surface area (Å²) in [7, 11) is 0. The molecule has 1 spiro atoms. The first-order chi connectivity index (χ1) is 28.9. The molecule has 5 unspecified atom stereocenters. The Labute approximate surface area is 352 Å². The average Bonchev–Trinajstić information content (AvgIpc) is 3.78. The summed E-state index contributed by atoms with van der Waals surface area (Å²) in [6.45, 7) is 21.0. The van der Waals surface area contributed by atoms with E-state index in [1.54, 1.807) is 12.1 Å². The van der Waals surface area contributed by atoms with Gasteiger partial charge in [0.25, 0.3) is 11.6 Å². The molecule has 11 nitrogen and oxygen atoms in total. The molecule has 60 heavy (non-hydrogen) atoms. The maximum atomic E-state index is 14.4. The number of aryl methyl sites for hydroxylation is 2. The molecule has 5 aromatic rings. The normalized spacial score (nSPS) is 26.4. The van der Waals surface area contributed by atoms with Gasteiger partial charge in [-0.15, -0.1) is 0 Å². The highest BCUT2D eigenvalue weighted by molar-refractivity contribution is 6.08. The van der Waals surface area contributed by atoms with Gasteiger partial charge in [-0.05, 0) is 105 Å². The lowest BCUT2D eigenvalue weighted by Gasteiger charge is -2.60. The summed E-state index contributed by atoms with van der Waals surface area (Å²) in [4.78, 5) is 51.3. The van der Waals surface area contributed by atoms with Crippen LogP contribution in [0.15, 0.2) is 60.7 Å². The number of aromatic amines is 1. The fourth-order valence-electron chi connectivity index (χ4n) is 10.7. The van der Waals surface area contributed by atoms with E-state index in [2.05, 4.69) is 49.0 Å². The summed E-state index contributed by atoms with van der Waals surface area (Å²) in [6.07, 6.45) is 8.99. The third-order valence-electron chi connectivity index (χ3n) is 13.6. The standard InChI is InChI=1S/C49H57N5O6/c1-8-9-10-13-24-49(60-38-22-21-29(2)25-31(38)4)47(57)52-48(49)23-15-18-35(28-48)42-51-43-39(46(56)58-41-32(5)26-30(3)27-33(41)6)40(50-7)44(54(43)53-42)59-45(55)37-20-14-17-34-16-11-12-19-36(34)37/h11-12,14,16-17,19-22,25,30,32-33,35,41H,8-10,13,15,18,23-24,26-28H2,1-6H3,(H,51,53)(H,52,57). The minimum absolute atomic E-state index is 0.0304. The topological polar surface area (TPSA) is 128 Å². The second-order valence-electron chi connectivity index (χ2n) is 18.1. The van der Waals surface area contributed by atoms with Crippen LogP contribution in [-0.2, 0) is 9.53 Å². The first-order valence-electron chi connectivity index (χ1n) is 21.9. The van der Waals surface area contributed by atoms with Crippen molar-refractivity contribution in [1.29, 1.82) is 0 Å². The first kappa shape index (κ1) is 41.1. The minimum atomic E-state index is -1.07. The Hall–Kier alpha value is -5.63. The minimum Gasteiger partial charge on any atom is -0.475 e. The molecule has 3 fully saturated rings. The maximum Gasteiger partial charge on any atom is 0.344 e. The summed E-state index contributed by atoms with van der Waals surface area (Å²) in [5.74, 6) is 0.326. The summed E-state index contributed by atoms with van der Waals surface area (Å²) in [5, 5.41) is 8.30. The van der Waals surface area contributed by atoms with E-state index in [0.29, 0.717) is 41.3 Å². The number of rotatable bonds is 12. The van der Waals surface area contributed by atoms with Crippen LogP contribution in [0.3, 0.4) is 0 Å². The number of nitrogens with zero attached hydrogens (tertiary/aromatic N) is 3. The van der Waals surface area contributed by atoms with Gasteiger partial charge in [-0.3, -0.25) is 9.89 Å². The van der Waals surface area contributed by atoms with E-state index in [9.17, 15) is 14.4 Å². The number of amides is 1. The van der Waals surface area contributed by atoms with E-state index in [1.807, 2.05) is 56.3 Å². The Morgan fingerprint density at radius 3 is 2.48 bits per heavy atom. The number of benzene rings is 3. The molecular formula is C49H57N5O6. The van der Waals surface area contributed by atoms with Crippen LogP contribution in [-0.4, -0.2) is 49.7 Å². The molecule has 0 radical (unpaired) electrons. The Balaban J connectivity index is 1.18. The van der Waals surface area contributed by atoms with E-state index in [0.717, 1.165) is 74.3 Å². The molecular weight excluding hydrogens is 755 g/mol. The molecule has 3 aromatic carbocycles. The lowest BCUT2D eigenvalue weighted by molar-refractivity contribution is -0.177. The Kier molecular flexibility index (Phi) is 11.3. The van der Waals surface area contributed by atoms with E-state index in [4.69, 9.17) is 25.8 Å². The molecule has 3 heterocycles. The lowest BCUT2D eigenvalue weighted by atomic mass is 9.59. The van der Waals surface area contributed by atoms with E-state index in [-0.39, 0.29) is 52.5 Å². The van der Waals surface area contributed by atoms with Gasteiger partial charge in [0.15, 0.2) is 5.65 Å². The molecule has 2 N–H and O–H groups in total. The number of carbonyl (C=O) groups is 3. The van der Waals surface area contributed by atoms with E-state index < -0.39 is 23.1 Å². The van der Waals surface area contributed by atoms with Crippen molar-refractivity contribution in [2.45, 2.75) is 135 Å². The van der Waals surface area contributed by atoms with Gasteiger partial charge in [-0.25, -0.2) is 23.9 Å². The predicted molar refractivity (Wildman–Crippen MR) is 231 cm³/mol. The quantitative estimate of drug-likeness (QED) is 0.0555. The molecule has 1 amide bonds. The smallest absolute Gasteiger partial charge is 0.344 e. The second-order valence-corrected chi connectivity index (χ2v) is 18.1. The van der Waals surface area contributed by atoms with Crippen LogP contribution in [0.25, 0.3) is 21.3 Å². The number of ether oxygens (including phenoxy) is 3. The Morgan fingerprint density at radius 1 is 0.983 bits per heavy atom. The lowest BCUT2D eigenvalue weighted by Crippen LogP contribution is -2.84. The van der Waals surface area contributed by atoms with Gasteiger partial charge in [0.05, 0.1) is 17.7 Å². The monoisotopic (exact) mass is 811 g/mol. The zero-order valence-electron chi connectivity index (χ0n) is 35.7. The van der Waals surface area contributed by atoms with E-state index >= 15 is 0 Å². The second kappa shape index (κ2) is 16.4.